The predicted octanol–water partition coefficient (Wildman–Crippen LogP) is 1.70. The second kappa shape index (κ2) is 2.63. The van der Waals surface area contributed by atoms with Crippen LogP contribution in [0.3, 0.4) is 0 Å². The predicted molar refractivity (Wildman–Crippen MR) is 44.9 cm³/mol. The van der Waals surface area contributed by atoms with Crippen LogP contribution in [-0.2, 0) is 9.53 Å². The summed E-state index contributed by atoms with van der Waals surface area (Å²) in [5.74, 6) is 0.178. The molecular weight excluding hydrogens is 152 g/mol. The van der Waals surface area contributed by atoms with Crippen LogP contribution in [-0.4, -0.2) is 12.6 Å². The summed E-state index contributed by atoms with van der Waals surface area (Å²) in [6.07, 6.45) is 0. The monoisotopic (exact) mass is 162 g/mol. The Balaban J connectivity index is 1.94. The van der Waals surface area contributed by atoms with E-state index in [0.29, 0.717) is 12.5 Å². The third-order valence-electron chi connectivity index (χ3n) is 2.12. The number of esters is 1. The molecule has 0 heterocycles. The molecule has 0 saturated heterocycles. The highest BCUT2D eigenvalue weighted by Crippen LogP contribution is 2.42. The molecule has 0 saturated carbocycles. The second-order valence-electron chi connectivity index (χ2n) is 2.98. The van der Waals surface area contributed by atoms with E-state index >= 15 is 0 Å². The summed E-state index contributed by atoms with van der Waals surface area (Å²) in [4.78, 5) is 10.5. The molecule has 2 nitrogen and oxygen atoms in total. The van der Waals surface area contributed by atoms with Crippen molar-refractivity contribution in [3.63, 3.8) is 0 Å². The number of rotatable bonds is 2. The lowest BCUT2D eigenvalue weighted by atomic mass is 10.3. The zero-order valence-electron chi connectivity index (χ0n) is 6.91. The van der Waals surface area contributed by atoms with Gasteiger partial charge in [0.2, 0.25) is 0 Å². The quantitative estimate of drug-likeness (QED) is 0.618. The fraction of sp³-hybridized carbons (Fsp3) is 0.300. The van der Waals surface area contributed by atoms with E-state index in [1.165, 1.54) is 18.1 Å². The topological polar surface area (TPSA) is 26.3 Å². The molecule has 0 fully saturated rings. The van der Waals surface area contributed by atoms with E-state index in [0.717, 1.165) is 0 Å². The zero-order chi connectivity index (χ0) is 8.55. The first-order valence-corrected chi connectivity index (χ1v) is 4.01. The van der Waals surface area contributed by atoms with Gasteiger partial charge in [-0.25, -0.2) is 0 Å². The first-order chi connectivity index (χ1) is 5.79. The minimum Gasteiger partial charge on any atom is -0.465 e. The van der Waals surface area contributed by atoms with Crippen molar-refractivity contribution in [3.8, 4) is 0 Å². The molecule has 0 aliphatic heterocycles. The molecule has 62 valence electrons. The Bertz CT molecular complexity index is 294. The molecule has 0 radical (unpaired) electrons. The van der Waals surface area contributed by atoms with Gasteiger partial charge in [0.1, 0.15) is 6.61 Å². The Hall–Kier alpha value is -1.31. The van der Waals surface area contributed by atoms with Crippen molar-refractivity contribution in [3.05, 3.63) is 35.4 Å². The molecule has 1 aromatic rings. The fourth-order valence-corrected chi connectivity index (χ4v) is 1.43. The van der Waals surface area contributed by atoms with E-state index in [2.05, 4.69) is 12.1 Å². The zero-order valence-corrected chi connectivity index (χ0v) is 6.91. The molecule has 0 unspecified atom stereocenters. The lowest BCUT2D eigenvalue weighted by Gasteiger charge is -1.97. The van der Waals surface area contributed by atoms with E-state index in [9.17, 15) is 4.79 Å². The number of hydrogen-bond donors (Lipinski definition) is 0. The molecular formula is C10H10O2. The van der Waals surface area contributed by atoms with Crippen molar-refractivity contribution in [1.82, 2.24) is 0 Å². The number of hydrogen-bond acceptors (Lipinski definition) is 2. The first kappa shape index (κ1) is 7.35. The normalized spacial score (nSPS) is 13.8. The van der Waals surface area contributed by atoms with E-state index in [1.807, 2.05) is 12.1 Å². The average Bonchev–Trinajstić information content (AvgIpc) is 2.74. The maximum absolute atomic E-state index is 10.5. The molecule has 1 aliphatic carbocycles. The van der Waals surface area contributed by atoms with Crippen molar-refractivity contribution in [2.45, 2.75) is 12.8 Å². The SMILES string of the molecule is CC(=O)OCC1c2ccccc21. The summed E-state index contributed by atoms with van der Waals surface area (Å²) in [6, 6.07) is 8.16. The number of carbonyl (C=O) groups excluding carboxylic acids is 1. The van der Waals surface area contributed by atoms with Crippen molar-refractivity contribution < 1.29 is 9.53 Å². The Morgan fingerprint density at radius 3 is 2.50 bits per heavy atom. The third kappa shape index (κ3) is 1.20. The number of fused-ring (bicyclic) bond motifs is 1. The van der Waals surface area contributed by atoms with Crippen LogP contribution in [0.15, 0.2) is 24.3 Å². The van der Waals surface area contributed by atoms with Gasteiger partial charge in [0.05, 0.1) is 0 Å². The third-order valence-corrected chi connectivity index (χ3v) is 2.12. The van der Waals surface area contributed by atoms with Gasteiger partial charge < -0.3 is 4.74 Å². The molecule has 2 heteroatoms. The lowest BCUT2D eigenvalue weighted by molar-refractivity contribution is -0.140. The van der Waals surface area contributed by atoms with Gasteiger partial charge in [-0.1, -0.05) is 24.3 Å². The van der Waals surface area contributed by atoms with Gasteiger partial charge in [-0.15, -0.1) is 0 Å². The van der Waals surface area contributed by atoms with E-state index < -0.39 is 0 Å². The molecule has 12 heavy (non-hydrogen) atoms. The summed E-state index contributed by atoms with van der Waals surface area (Å²) < 4.78 is 4.91. The van der Waals surface area contributed by atoms with Crippen molar-refractivity contribution in [2.24, 2.45) is 0 Å². The van der Waals surface area contributed by atoms with Gasteiger partial charge in [0.15, 0.2) is 0 Å². The first-order valence-electron chi connectivity index (χ1n) is 4.01. The highest BCUT2D eigenvalue weighted by atomic mass is 16.5. The second-order valence-corrected chi connectivity index (χ2v) is 2.98. The van der Waals surface area contributed by atoms with Crippen LogP contribution >= 0.6 is 0 Å². The van der Waals surface area contributed by atoms with Crippen LogP contribution in [0.1, 0.15) is 24.0 Å². The average molecular weight is 162 g/mol. The molecule has 2 rings (SSSR count). The summed E-state index contributed by atoms with van der Waals surface area (Å²) >= 11 is 0. The van der Waals surface area contributed by atoms with Gasteiger partial charge in [0.25, 0.3) is 0 Å². The number of carbonyl (C=O) groups is 1. The smallest absolute Gasteiger partial charge is 0.302 e. The highest BCUT2D eigenvalue weighted by molar-refractivity contribution is 5.66. The van der Waals surface area contributed by atoms with Crippen LogP contribution in [0.25, 0.3) is 0 Å². The molecule has 1 aromatic carbocycles. The standard InChI is InChI=1S/C10H10O2/c1-7(11)12-6-10-8-4-2-3-5-9(8)10/h2-5,10H,6H2,1H3. The number of ether oxygens (including phenoxy) is 1. The van der Waals surface area contributed by atoms with Gasteiger partial charge >= 0.3 is 5.97 Å². The Morgan fingerprint density at radius 2 is 2.00 bits per heavy atom. The molecule has 0 spiro atoms. The van der Waals surface area contributed by atoms with E-state index in [-0.39, 0.29) is 5.97 Å². The molecule has 1 aliphatic rings. The van der Waals surface area contributed by atoms with Crippen molar-refractivity contribution in [1.29, 1.82) is 0 Å². The van der Waals surface area contributed by atoms with Gasteiger partial charge in [-0.2, -0.15) is 0 Å². The molecule has 0 aromatic heterocycles. The lowest BCUT2D eigenvalue weighted by Crippen LogP contribution is -2.01. The summed E-state index contributed by atoms with van der Waals surface area (Å²) in [5, 5.41) is 0. The largest absolute Gasteiger partial charge is 0.465 e. The van der Waals surface area contributed by atoms with Gasteiger partial charge in [-0.3, -0.25) is 4.79 Å². The van der Waals surface area contributed by atoms with Gasteiger partial charge in [-0.05, 0) is 11.1 Å². The minimum absolute atomic E-state index is 0.201. The van der Waals surface area contributed by atoms with Gasteiger partial charge in [0, 0.05) is 12.8 Å². The summed E-state index contributed by atoms with van der Waals surface area (Å²) in [7, 11) is 0. The van der Waals surface area contributed by atoms with Crippen LogP contribution < -0.4 is 0 Å². The fourth-order valence-electron chi connectivity index (χ4n) is 1.43. The van der Waals surface area contributed by atoms with Crippen LogP contribution in [0, 0.1) is 0 Å². The van der Waals surface area contributed by atoms with Crippen molar-refractivity contribution in [2.75, 3.05) is 6.61 Å². The molecule has 0 bridgehead atoms. The minimum atomic E-state index is -0.201. The Labute approximate surface area is 71.2 Å². The maximum atomic E-state index is 10.5. The van der Waals surface area contributed by atoms with Crippen LogP contribution in [0.4, 0.5) is 0 Å². The molecule has 0 atom stereocenters. The Kier molecular flexibility index (Phi) is 1.61. The number of benzene rings is 1. The summed E-state index contributed by atoms with van der Waals surface area (Å²) in [5.41, 5.74) is 2.64. The van der Waals surface area contributed by atoms with E-state index in [4.69, 9.17) is 4.74 Å². The van der Waals surface area contributed by atoms with E-state index in [1.54, 1.807) is 0 Å². The van der Waals surface area contributed by atoms with Crippen LogP contribution in [0.2, 0.25) is 0 Å². The Morgan fingerprint density at radius 1 is 1.42 bits per heavy atom. The summed E-state index contributed by atoms with van der Waals surface area (Å²) in [6.45, 7) is 1.95. The van der Waals surface area contributed by atoms with Crippen LogP contribution in [0.5, 0.6) is 0 Å². The maximum Gasteiger partial charge on any atom is 0.302 e. The molecule has 0 amide bonds. The highest BCUT2D eigenvalue weighted by Gasteiger charge is 2.32. The van der Waals surface area contributed by atoms with Crippen molar-refractivity contribution >= 4 is 5.97 Å². The molecule has 0 N–H and O–H groups in total.